The summed E-state index contributed by atoms with van der Waals surface area (Å²) in [4.78, 5) is 27.0. The number of amides is 2. The number of rotatable bonds is 3. The number of nitrogens with one attached hydrogen (secondary N) is 3. The summed E-state index contributed by atoms with van der Waals surface area (Å²) in [7, 11) is 0. The van der Waals surface area contributed by atoms with Crippen molar-refractivity contribution in [2.45, 2.75) is 6.92 Å². The van der Waals surface area contributed by atoms with Crippen molar-refractivity contribution >= 4 is 23.3 Å². The maximum atomic E-state index is 12.1. The molecule has 23 heavy (non-hydrogen) atoms. The van der Waals surface area contributed by atoms with Crippen molar-refractivity contribution in [1.29, 1.82) is 0 Å². The van der Waals surface area contributed by atoms with E-state index in [0.29, 0.717) is 17.1 Å². The summed E-state index contributed by atoms with van der Waals surface area (Å²) in [6, 6.07) is 12.1. The van der Waals surface area contributed by atoms with Crippen LogP contribution >= 0.6 is 0 Å². The van der Waals surface area contributed by atoms with Crippen LogP contribution in [0.3, 0.4) is 0 Å². The second-order valence-corrected chi connectivity index (χ2v) is 5.09. The zero-order valence-corrected chi connectivity index (χ0v) is 12.5. The van der Waals surface area contributed by atoms with Crippen molar-refractivity contribution in [3.05, 3.63) is 72.3 Å². The average molecular weight is 308 g/mol. The van der Waals surface area contributed by atoms with Crippen LogP contribution in [0.5, 0.6) is 0 Å². The van der Waals surface area contributed by atoms with Gasteiger partial charge in [-0.2, -0.15) is 0 Å². The van der Waals surface area contributed by atoms with Crippen LogP contribution in [0.2, 0.25) is 0 Å². The molecule has 2 aromatic heterocycles. The van der Waals surface area contributed by atoms with E-state index in [1.807, 2.05) is 13.0 Å². The van der Waals surface area contributed by atoms with E-state index in [1.54, 1.807) is 55.0 Å². The third kappa shape index (κ3) is 3.32. The molecule has 3 rings (SSSR count). The van der Waals surface area contributed by atoms with Crippen LogP contribution in [0, 0.1) is 6.92 Å². The lowest BCUT2D eigenvalue weighted by molar-refractivity contribution is 0.102. The molecular weight excluding hydrogens is 292 g/mol. The standard InChI is InChI=1S/C17H16N4O2/c1-12-6-7-13(19-16(22)14-5-4-8-18-14)11-15(12)20-17(23)21-9-2-3-10-21/h2-11,18H,1H3,(H,19,22)(H,20,23). The van der Waals surface area contributed by atoms with E-state index < -0.39 is 0 Å². The Morgan fingerprint density at radius 3 is 2.52 bits per heavy atom. The van der Waals surface area contributed by atoms with Gasteiger partial charge >= 0.3 is 6.03 Å². The molecule has 0 saturated carbocycles. The van der Waals surface area contributed by atoms with E-state index in [2.05, 4.69) is 15.6 Å². The molecule has 6 nitrogen and oxygen atoms in total. The van der Waals surface area contributed by atoms with Gasteiger partial charge in [-0.25, -0.2) is 4.79 Å². The molecule has 0 unspecified atom stereocenters. The fourth-order valence-corrected chi connectivity index (χ4v) is 2.15. The van der Waals surface area contributed by atoms with E-state index in [9.17, 15) is 9.59 Å². The highest BCUT2D eigenvalue weighted by Crippen LogP contribution is 2.21. The Hall–Kier alpha value is -3.28. The van der Waals surface area contributed by atoms with Crippen LogP contribution in [0.4, 0.5) is 16.2 Å². The molecule has 6 heteroatoms. The zero-order valence-electron chi connectivity index (χ0n) is 12.5. The fraction of sp³-hybridized carbons (Fsp3) is 0.0588. The Bertz CT molecular complexity index is 820. The predicted molar refractivity (Wildman–Crippen MR) is 88.8 cm³/mol. The van der Waals surface area contributed by atoms with Gasteiger partial charge in [-0.15, -0.1) is 0 Å². The number of carbonyl (C=O) groups is 2. The average Bonchev–Trinajstić information content (AvgIpc) is 3.23. The smallest absolute Gasteiger partial charge is 0.329 e. The molecule has 3 N–H and O–H groups in total. The third-order valence-electron chi connectivity index (χ3n) is 3.42. The Morgan fingerprint density at radius 2 is 1.83 bits per heavy atom. The number of hydrogen-bond acceptors (Lipinski definition) is 2. The van der Waals surface area contributed by atoms with Crippen LogP contribution in [0.15, 0.2) is 61.1 Å². The van der Waals surface area contributed by atoms with Crippen molar-refractivity contribution in [3.63, 3.8) is 0 Å². The van der Waals surface area contributed by atoms with Crippen LogP contribution < -0.4 is 10.6 Å². The van der Waals surface area contributed by atoms with E-state index in [1.165, 1.54) is 4.57 Å². The summed E-state index contributed by atoms with van der Waals surface area (Å²) in [6.45, 7) is 1.89. The number of nitrogens with zero attached hydrogens (tertiary/aromatic N) is 1. The molecular formula is C17H16N4O2. The summed E-state index contributed by atoms with van der Waals surface area (Å²) in [5.74, 6) is -0.235. The van der Waals surface area contributed by atoms with Gasteiger partial charge in [0.2, 0.25) is 0 Å². The lowest BCUT2D eigenvalue weighted by Crippen LogP contribution is -2.18. The molecule has 2 amide bonds. The van der Waals surface area contributed by atoms with Crippen molar-refractivity contribution in [2.24, 2.45) is 0 Å². The Morgan fingerprint density at radius 1 is 1.04 bits per heavy atom. The molecule has 0 bridgehead atoms. The number of carbonyl (C=O) groups excluding carboxylic acids is 2. The number of aromatic amines is 1. The first-order valence-electron chi connectivity index (χ1n) is 7.13. The molecule has 0 atom stereocenters. The number of aryl methyl sites for hydroxylation is 1. The topological polar surface area (TPSA) is 78.9 Å². The number of H-pyrrole nitrogens is 1. The quantitative estimate of drug-likeness (QED) is 0.693. The molecule has 0 radical (unpaired) electrons. The third-order valence-corrected chi connectivity index (χ3v) is 3.42. The molecule has 3 aromatic rings. The number of anilines is 2. The van der Waals surface area contributed by atoms with Gasteiger partial charge in [0, 0.05) is 30.0 Å². The summed E-state index contributed by atoms with van der Waals surface area (Å²) >= 11 is 0. The van der Waals surface area contributed by atoms with Crippen LogP contribution in [0.1, 0.15) is 16.1 Å². The van der Waals surface area contributed by atoms with Gasteiger partial charge in [0.15, 0.2) is 0 Å². The summed E-state index contributed by atoms with van der Waals surface area (Å²) < 4.78 is 1.45. The summed E-state index contributed by atoms with van der Waals surface area (Å²) in [6.07, 6.45) is 5.02. The molecule has 116 valence electrons. The van der Waals surface area contributed by atoms with Crippen LogP contribution in [-0.4, -0.2) is 21.5 Å². The predicted octanol–water partition coefficient (Wildman–Crippen LogP) is 3.46. The largest absolute Gasteiger partial charge is 0.357 e. The Labute approximate surface area is 133 Å². The first-order chi connectivity index (χ1) is 11.1. The van der Waals surface area contributed by atoms with Gasteiger partial charge in [0.25, 0.3) is 5.91 Å². The molecule has 0 aliphatic carbocycles. The normalized spacial score (nSPS) is 10.3. The Kier molecular flexibility index (Phi) is 3.97. The molecule has 0 aliphatic rings. The molecule has 0 spiro atoms. The van der Waals surface area contributed by atoms with Gasteiger partial charge in [0.05, 0.1) is 0 Å². The zero-order chi connectivity index (χ0) is 16.2. The lowest BCUT2D eigenvalue weighted by Gasteiger charge is -2.11. The highest BCUT2D eigenvalue weighted by Gasteiger charge is 2.10. The molecule has 0 aliphatic heterocycles. The fourth-order valence-electron chi connectivity index (χ4n) is 2.15. The summed E-state index contributed by atoms with van der Waals surface area (Å²) in [5, 5.41) is 5.62. The second-order valence-electron chi connectivity index (χ2n) is 5.09. The Balaban J connectivity index is 1.76. The van der Waals surface area contributed by atoms with Gasteiger partial charge in [-0.05, 0) is 48.9 Å². The molecule has 0 fully saturated rings. The summed E-state index contributed by atoms with van der Waals surface area (Å²) in [5.41, 5.74) is 2.64. The number of aromatic nitrogens is 2. The van der Waals surface area contributed by atoms with Gasteiger partial charge in [-0.3, -0.25) is 9.36 Å². The van der Waals surface area contributed by atoms with Crippen molar-refractivity contribution < 1.29 is 9.59 Å². The van der Waals surface area contributed by atoms with E-state index in [4.69, 9.17) is 0 Å². The van der Waals surface area contributed by atoms with Gasteiger partial charge in [-0.1, -0.05) is 6.07 Å². The lowest BCUT2D eigenvalue weighted by atomic mass is 10.1. The van der Waals surface area contributed by atoms with Gasteiger partial charge < -0.3 is 15.6 Å². The number of benzene rings is 1. The SMILES string of the molecule is Cc1ccc(NC(=O)c2ccc[nH]2)cc1NC(=O)n1cccc1. The van der Waals surface area contributed by atoms with Crippen molar-refractivity contribution in [1.82, 2.24) is 9.55 Å². The maximum Gasteiger partial charge on any atom is 0.329 e. The molecule has 0 saturated heterocycles. The van der Waals surface area contributed by atoms with E-state index in [-0.39, 0.29) is 11.9 Å². The van der Waals surface area contributed by atoms with Gasteiger partial charge in [0.1, 0.15) is 5.69 Å². The minimum Gasteiger partial charge on any atom is -0.357 e. The monoisotopic (exact) mass is 308 g/mol. The van der Waals surface area contributed by atoms with E-state index in [0.717, 1.165) is 5.56 Å². The minimum absolute atomic E-state index is 0.235. The van der Waals surface area contributed by atoms with Crippen molar-refractivity contribution in [2.75, 3.05) is 10.6 Å². The highest BCUT2D eigenvalue weighted by atomic mass is 16.2. The first kappa shape index (κ1) is 14.6. The second kappa shape index (κ2) is 6.23. The first-order valence-corrected chi connectivity index (χ1v) is 7.13. The highest BCUT2D eigenvalue weighted by molar-refractivity contribution is 6.03. The minimum atomic E-state index is -0.258. The van der Waals surface area contributed by atoms with Crippen LogP contribution in [-0.2, 0) is 0 Å². The van der Waals surface area contributed by atoms with Crippen LogP contribution in [0.25, 0.3) is 0 Å². The van der Waals surface area contributed by atoms with Crippen molar-refractivity contribution in [3.8, 4) is 0 Å². The molecule has 2 heterocycles. The molecule has 1 aromatic carbocycles. The maximum absolute atomic E-state index is 12.1. The number of hydrogen-bond donors (Lipinski definition) is 3. The van der Waals surface area contributed by atoms with E-state index >= 15 is 0 Å².